The van der Waals surface area contributed by atoms with E-state index in [4.69, 9.17) is 4.74 Å². The Morgan fingerprint density at radius 3 is 2.45 bits per heavy atom. The van der Waals surface area contributed by atoms with Crippen molar-refractivity contribution in [3.05, 3.63) is 59.4 Å². The summed E-state index contributed by atoms with van der Waals surface area (Å²) in [6, 6.07) is 10.5. The van der Waals surface area contributed by atoms with Gasteiger partial charge in [-0.1, -0.05) is 12.1 Å². The third-order valence-corrected chi connectivity index (χ3v) is 4.60. The summed E-state index contributed by atoms with van der Waals surface area (Å²) in [5.74, 6) is 0.262. The van der Waals surface area contributed by atoms with Gasteiger partial charge in [-0.15, -0.1) is 0 Å². The molecule has 0 aromatic heterocycles. The van der Waals surface area contributed by atoms with E-state index in [-0.39, 0.29) is 18.0 Å². The van der Waals surface area contributed by atoms with E-state index < -0.39 is 15.8 Å². The van der Waals surface area contributed by atoms with Crippen molar-refractivity contribution >= 4 is 10.0 Å². The third kappa shape index (κ3) is 4.29. The molecule has 6 heteroatoms. The van der Waals surface area contributed by atoms with Gasteiger partial charge in [0.1, 0.15) is 18.2 Å². The first-order valence-corrected chi connectivity index (χ1v) is 8.32. The number of aryl methyl sites for hydroxylation is 2. The molecule has 0 bridgehead atoms. The quantitative estimate of drug-likeness (QED) is 0.832. The van der Waals surface area contributed by atoms with Crippen LogP contribution in [0.5, 0.6) is 5.75 Å². The molecule has 0 saturated carbocycles. The fourth-order valence-corrected chi connectivity index (χ4v) is 2.91. The van der Waals surface area contributed by atoms with Gasteiger partial charge >= 0.3 is 0 Å². The number of halogens is 1. The fourth-order valence-electron chi connectivity index (χ4n) is 1.90. The van der Waals surface area contributed by atoms with Gasteiger partial charge in [-0.25, -0.2) is 17.5 Å². The highest BCUT2D eigenvalue weighted by Gasteiger charge is 2.13. The van der Waals surface area contributed by atoms with Crippen molar-refractivity contribution in [2.75, 3.05) is 13.2 Å². The van der Waals surface area contributed by atoms with Crippen LogP contribution in [0.1, 0.15) is 11.1 Å². The van der Waals surface area contributed by atoms with Gasteiger partial charge in [-0.2, -0.15) is 0 Å². The van der Waals surface area contributed by atoms with Crippen LogP contribution in [0.4, 0.5) is 4.39 Å². The van der Waals surface area contributed by atoms with E-state index in [1.807, 2.05) is 32.0 Å². The molecule has 0 radical (unpaired) electrons. The van der Waals surface area contributed by atoms with E-state index in [2.05, 4.69) is 4.72 Å². The molecule has 0 amide bonds. The molecular weight excluding hydrogens is 305 g/mol. The standard InChI is InChI=1S/C16H18FNO3S/c1-12-3-4-13(2)16(11-12)21-10-9-18-22(19,20)15-7-5-14(17)6-8-15/h3-8,11,18H,9-10H2,1-2H3. The molecule has 4 nitrogen and oxygen atoms in total. The monoisotopic (exact) mass is 323 g/mol. The number of nitrogens with one attached hydrogen (secondary N) is 1. The molecule has 0 aliphatic carbocycles. The van der Waals surface area contributed by atoms with E-state index in [9.17, 15) is 12.8 Å². The minimum atomic E-state index is -3.65. The maximum absolute atomic E-state index is 12.8. The molecule has 2 aromatic rings. The Labute approximate surface area is 130 Å². The van der Waals surface area contributed by atoms with Crippen LogP contribution in [0, 0.1) is 19.7 Å². The predicted molar refractivity (Wildman–Crippen MR) is 83.0 cm³/mol. The molecular formula is C16H18FNO3S. The van der Waals surface area contributed by atoms with Crippen molar-refractivity contribution in [1.82, 2.24) is 4.72 Å². The van der Waals surface area contributed by atoms with Crippen LogP contribution in [-0.4, -0.2) is 21.6 Å². The third-order valence-electron chi connectivity index (χ3n) is 3.12. The van der Waals surface area contributed by atoms with E-state index in [1.54, 1.807) is 0 Å². The molecule has 1 N–H and O–H groups in total. The van der Waals surface area contributed by atoms with E-state index in [1.165, 1.54) is 12.1 Å². The lowest BCUT2D eigenvalue weighted by Crippen LogP contribution is -2.28. The second-order valence-corrected chi connectivity index (χ2v) is 6.74. The summed E-state index contributed by atoms with van der Waals surface area (Å²) < 4.78 is 44.8. The summed E-state index contributed by atoms with van der Waals surface area (Å²) >= 11 is 0. The minimum absolute atomic E-state index is 0.0284. The fraction of sp³-hybridized carbons (Fsp3) is 0.250. The van der Waals surface area contributed by atoms with E-state index in [0.29, 0.717) is 0 Å². The Morgan fingerprint density at radius 1 is 1.09 bits per heavy atom. The number of rotatable bonds is 6. The first-order chi connectivity index (χ1) is 10.4. The van der Waals surface area contributed by atoms with Crippen LogP contribution < -0.4 is 9.46 Å². The summed E-state index contributed by atoms with van der Waals surface area (Å²) in [5, 5.41) is 0. The maximum Gasteiger partial charge on any atom is 0.240 e. The summed E-state index contributed by atoms with van der Waals surface area (Å²) in [7, 11) is -3.65. The normalized spacial score (nSPS) is 11.4. The van der Waals surface area contributed by atoms with E-state index >= 15 is 0 Å². The summed E-state index contributed by atoms with van der Waals surface area (Å²) in [4.78, 5) is 0.0284. The average Bonchev–Trinajstić information content (AvgIpc) is 2.47. The first kappa shape index (κ1) is 16.5. The highest BCUT2D eigenvalue weighted by Crippen LogP contribution is 2.18. The lowest BCUT2D eigenvalue weighted by atomic mass is 10.1. The molecule has 118 valence electrons. The maximum atomic E-state index is 12.8. The molecule has 2 aromatic carbocycles. The Balaban J connectivity index is 1.90. The van der Waals surface area contributed by atoms with Crippen LogP contribution in [0.2, 0.25) is 0 Å². The lowest BCUT2D eigenvalue weighted by molar-refractivity contribution is 0.320. The molecule has 0 heterocycles. The Bertz CT molecular complexity index is 742. The average molecular weight is 323 g/mol. The molecule has 22 heavy (non-hydrogen) atoms. The molecule has 0 unspecified atom stereocenters. The van der Waals surface area contributed by atoms with Crippen LogP contribution in [-0.2, 0) is 10.0 Å². The van der Waals surface area contributed by atoms with Gasteiger partial charge in [-0.3, -0.25) is 0 Å². The Morgan fingerprint density at radius 2 is 1.77 bits per heavy atom. The minimum Gasteiger partial charge on any atom is -0.492 e. The molecule has 0 saturated heterocycles. The first-order valence-electron chi connectivity index (χ1n) is 6.84. The summed E-state index contributed by atoms with van der Waals surface area (Å²) in [5.41, 5.74) is 2.07. The van der Waals surface area contributed by atoms with Crippen LogP contribution in [0.15, 0.2) is 47.4 Å². The smallest absolute Gasteiger partial charge is 0.240 e. The zero-order valence-electron chi connectivity index (χ0n) is 12.5. The van der Waals surface area contributed by atoms with Gasteiger partial charge in [0, 0.05) is 6.54 Å². The molecule has 2 rings (SSSR count). The molecule has 0 spiro atoms. The zero-order valence-corrected chi connectivity index (χ0v) is 13.3. The lowest BCUT2D eigenvalue weighted by Gasteiger charge is -2.11. The van der Waals surface area contributed by atoms with Gasteiger partial charge in [0.15, 0.2) is 0 Å². The number of sulfonamides is 1. The topological polar surface area (TPSA) is 55.4 Å². The van der Waals surface area contributed by atoms with Crippen molar-refractivity contribution < 1.29 is 17.5 Å². The van der Waals surface area contributed by atoms with Crippen molar-refractivity contribution in [2.45, 2.75) is 18.7 Å². The zero-order chi connectivity index (χ0) is 16.2. The second-order valence-electron chi connectivity index (χ2n) is 4.97. The van der Waals surface area contributed by atoms with Crippen LogP contribution >= 0.6 is 0 Å². The van der Waals surface area contributed by atoms with E-state index in [0.717, 1.165) is 29.0 Å². The van der Waals surface area contributed by atoms with Crippen molar-refractivity contribution in [1.29, 1.82) is 0 Å². The van der Waals surface area contributed by atoms with Gasteiger partial charge in [0.2, 0.25) is 10.0 Å². The molecule has 0 atom stereocenters. The number of benzene rings is 2. The van der Waals surface area contributed by atoms with Crippen molar-refractivity contribution in [3.63, 3.8) is 0 Å². The Hall–Kier alpha value is -1.92. The number of ether oxygens (including phenoxy) is 1. The SMILES string of the molecule is Cc1ccc(C)c(OCCNS(=O)(=O)c2ccc(F)cc2)c1. The predicted octanol–water partition coefficient (Wildman–Crippen LogP) is 2.80. The van der Waals surface area contributed by atoms with Crippen LogP contribution in [0.25, 0.3) is 0 Å². The van der Waals surface area contributed by atoms with Gasteiger partial charge in [-0.05, 0) is 55.3 Å². The largest absolute Gasteiger partial charge is 0.492 e. The second kappa shape index (κ2) is 6.89. The number of hydrogen-bond acceptors (Lipinski definition) is 3. The number of hydrogen-bond donors (Lipinski definition) is 1. The molecule has 0 aliphatic rings. The van der Waals surface area contributed by atoms with Gasteiger partial charge < -0.3 is 4.74 Å². The van der Waals surface area contributed by atoms with Crippen molar-refractivity contribution in [3.8, 4) is 5.75 Å². The van der Waals surface area contributed by atoms with Crippen LogP contribution in [0.3, 0.4) is 0 Å². The Kier molecular flexibility index (Phi) is 5.15. The van der Waals surface area contributed by atoms with Crippen molar-refractivity contribution in [2.24, 2.45) is 0 Å². The highest BCUT2D eigenvalue weighted by atomic mass is 32.2. The van der Waals surface area contributed by atoms with Gasteiger partial charge in [0.05, 0.1) is 4.90 Å². The molecule has 0 fully saturated rings. The van der Waals surface area contributed by atoms with Gasteiger partial charge in [0.25, 0.3) is 0 Å². The highest BCUT2D eigenvalue weighted by molar-refractivity contribution is 7.89. The molecule has 0 aliphatic heterocycles. The summed E-state index contributed by atoms with van der Waals surface area (Å²) in [6.45, 7) is 4.23. The summed E-state index contributed by atoms with van der Waals surface area (Å²) in [6.07, 6.45) is 0.